The zero-order chi connectivity index (χ0) is 18.8. The van der Waals surface area contributed by atoms with Gasteiger partial charge in [0.1, 0.15) is 0 Å². The maximum absolute atomic E-state index is 12.4. The first kappa shape index (κ1) is 17.6. The molecule has 136 valence electrons. The van der Waals surface area contributed by atoms with Gasteiger partial charge in [-0.3, -0.25) is 0 Å². The summed E-state index contributed by atoms with van der Waals surface area (Å²) in [7, 11) is 0. The van der Waals surface area contributed by atoms with Crippen LogP contribution in [-0.2, 0) is 11.2 Å². The van der Waals surface area contributed by atoms with Gasteiger partial charge in [0.05, 0.1) is 18.0 Å². The summed E-state index contributed by atoms with van der Waals surface area (Å²) in [5, 5.41) is 5.22. The molecule has 4 rings (SSSR count). The quantitative estimate of drug-likeness (QED) is 0.587. The molecule has 5 heteroatoms. The van der Waals surface area contributed by atoms with Gasteiger partial charge in [-0.1, -0.05) is 48.0 Å². The Balaban J connectivity index is 1.88. The van der Waals surface area contributed by atoms with Crippen molar-refractivity contribution in [1.29, 1.82) is 0 Å². The number of halogens is 1. The number of aromatic nitrogens is 2. The molecule has 1 aromatic heterocycles. The third-order valence-corrected chi connectivity index (χ3v) is 4.83. The molecule has 0 radical (unpaired) electrons. The first-order chi connectivity index (χ1) is 13.2. The molecule has 0 N–H and O–H groups in total. The van der Waals surface area contributed by atoms with Crippen LogP contribution in [0, 0.1) is 0 Å². The van der Waals surface area contributed by atoms with Gasteiger partial charge in [0.2, 0.25) is 0 Å². The molecule has 0 atom stereocenters. The van der Waals surface area contributed by atoms with E-state index in [1.807, 2.05) is 47.1 Å². The second kappa shape index (κ2) is 7.41. The second-order valence-electron chi connectivity index (χ2n) is 6.37. The van der Waals surface area contributed by atoms with Gasteiger partial charge in [0, 0.05) is 10.6 Å². The molecular weight excluding hydrogens is 360 g/mol. The van der Waals surface area contributed by atoms with Crippen molar-refractivity contribution in [1.82, 2.24) is 9.78 Å². The summed E-state index contributed by atoms with van der Waals surface area (Å²) in [5.41, 5.74) is 5.40. The van der Waals surface area contributed by atoms with Gasteiger partial charge in [-0.05, 0) is 55.2 Å². The van der Waals surface area contributed by atoms with Crippen molar-refractivity contribution in [3.05, 3.63) is 82.1 Å². The number of nitrogens with zero attached hydrogens (tertiary/aromatic N) is 2. The predicted molar refractivity (Wildman–Crippen MR) is 107 cm³/mol. The number of allylic oxidation sites excluding steroid dienone is 1. The molecule has 3 aromatic rings. The van der Waals surface area contributed by atoms with Crippen LogP contribution >= 0.6 is 11.6 Å². The number of hydrogen-bond donors (Lipinski definition) is 0. The van der Waals surface area contributed by atoms with E-state index in [-0.39, 0.29) is 5.97 Å². The molecule has 0 saturated heterocycles. The van der Waals surface area contributed by atoms with E-state index in [1.54, 1.807) is 6.92 Å². The molecule has 0 unspecified atom stereocenters. The highest BCUT2D eigenvalue weighted by Crippen LogP contribution is 2.37. The number of carbonyl (C=O) groups excluding carboxylic acids is 1. The maximum Gasteiger partial charge on any atom is 0.359 e. The first-order valence-corrected chi connectivity index (χ1v) is 9.36. The van der Waals surface area contributed by atoms with Crippen molar-refractivity contribution in [3.8, 4) is 5.69 Å². The van der Waals surface area contributed by atoms with Crippen LogP contribution in [0.15, 0.2) is 54.6 Å². The number of fused-ring (bicyclic) bond motifs is 1. The van der Waals surface area contributed by atoms with Gasteiger partial charge in [0.25, 0.3) is 0 Å². The van der Waals surface area contributed by atoms with Crippen LogP contribution < -0.4 is 0 Å². The summed E-state index contributed by atoms with van der Waals surface area (Å²) in [4.78, 5) is 12.4. The van der Waals surface area contributed by atoms with Crippen LogP contribution in [0.3, 0.4) is 0 Å². The van der Waals surface area contributed by atoms with E-state index in [0.717, 1.165) is 40.9 Å². The lowest BCUT2D eigenvalue weighted by molar-refractivity contribution is 0.0517. The number of hydrogen-bond acceptors (Lipinski definition) is 3. The van der Waals surface area contributed by atoms with Gasteiger partial charge >= 0.3 is 5.97 Å². The van der Waals surface area contributed by atoms with Crippen molar-refractivity contribution in [2.45, 2.75) is 19.8 Å². The van der Waals surface area contributed by atoms with E-state index in [0.29, 0.717) is 17.3 Å². The van der Waals surface area contributed by atoms with Crippen molar-refractivity contribution >= 4 is 29.2 Å². The van der Waals surface area contributed by atoms with Crippen LogP contribution in [0.25, 0.3) is 17.3 Å². The van der Waals surface area contributed by atoms with Crippen LogP contribution in [0.4, 0.5) is 0 Å². The van der Waals surface area contributed by atoms with Gasteiger partial charge in [-0.2, -0.15) is 5.10 Å². The number of ether oxygens (including phenoxy) is 1. The Bertz CT molecular complexity index is 1020. The Kier molecular flexibility index (Phi) is 4.82. The Morgan fingerprint density at radius 2 is 2.00 bits per heavy atom. The van der Waals surface area contributed by atoms with Gasteiger partial charge < -0.3 is 4.74 Å². The third kappa shape index (κ3) is 3.40. The molecule has 0 saturated carbocycles. The summed E-state index contributed by atoms with van der Waals surface area (Å²) in [6.45, 7) is 2.12. The highest BCUT2D eigenvalue weighted by atomic mass is 35.5. The molecule has 27 heavy (non-hydrogen) atoms. The van der Waals surface area contributed by atoms with E-state index in [9.17, 15) is 4.79 Å². The zero-order valence-electron chi connectivity index (χ0n) is 15.0. The summed E-state index contributed by atoms with van der Waals surface area (Å²) in [5.74, 6) is -0.379. The SMILES string of the molecule is CCOC(=O)c1nn(-c2cccc(Cl)c2)c2c1CCC2=Cc1ccccc1. The van der Waals surface area contributed by atoms with Crippen molar-refractivity contribution < 1.29 is 9.53 Å². The highest BCUT2D eigenvalue weighted by molar-refractivity contribution is 6.30. The Labute approximate surface area is 163 Å². The fourth-order valence-electron chi connectivity index (χ4n) is 3.44. The van der Waals surface area contributed by atoms with Gasteiger partial charge in [0.15, 0.2) is 5.69 Å². The molecule has 0 bridgehead atoms. The monoisotopic (exact) mass is 378 g/mol. The summed E-state index contributed by atoms with van der Waals surface area (Å²) in [6.07, 6.45) is 3.78. The maximum atomic E-state index is 12.4. The van der Waals surface area contributed by atoms with E-state index >= 15 is 0 Å². The van der Waals surface area contributed by atoms with Gasteiger partial charge in [-0.15, -0.1) is 0 Å². The van der Waals surface area contributed by atoms with Crippen LogP contribution in [0.5, 0.6) is 0 Å². The molecule has 1 aliphatic carbocycles. The number of benzene rings is 2. The third-order valence-electron chi connectivity index (χ3n) is 4.59. The van der Waals surface area contributed by atoms with Crippen LogP contribution in [-0.4, -0.2) is 22.4 Å². The standard InChI is InChI=1S/C22H19ClN2O2/c1-2-27-22(26)20-19-12-11-16(13-15-7-4-3-5-8-15)21(19)25(24-20)18-10-6-9-17(23)14-18/h3-10,13-14H,2,11-12H2,1H3. The van der Waals surface area contributed by atoms with Crippen molar-refractivity contribution in [2.75, 3.05) is 6.61 Å². The summed E-state index contributed by atoms with van der Waals surface area (Å²) < 4.78 is 7.03. The van der Waals surface area contributed by atoms with Crippen molar-refractivity contribution in [2.24, 2.45) is 0 Å². The second-order valence-corrected chi connectivity index (χ2v) is 6.80. The lowest BCUT2D eigenvalue weighted by atomic mass is 10.1. The average molecular weight is 379 g/mol. The molecule has 0 amide bonds. The molecule has 0 spiro atoms. The Morgan fingerprint density at radius 3 is 2.74 bits per heavy atom. The van der Waals surface area contributed by atoms with Crippen molar-refractivity contribution in [3.63, 3.8) is 0 Å². The molecular formula is C22H19ClN2O2. The smallest absolute Gasteiger partial charge is 0.359 e. The molecule has 2 aromatic carbocycles. The predicted octanol–water partition coefficient (Wildman–Crippen LogP) is 5.19. The van der Waals surface area contributed by atoms with E-state index in [1.165, 1.54) is 0 Å². The Hall–Kier alpha value is -2.85. The molecule has 1 aliphatic rings. The summed E-state index contributed by atoms with van der Waals surface area (Å²) in [6, 6.07) is 17.6. The zero-order valence-corrected chi connectivity index (χ0v) is 15.7. The lowest BCUT2D eigenvalue weighted by Crippen LogP contribution is -2.09. The summed E-state index contributed by atoms with van der Waals surface area (Å²) >= 11 is 6.18. The number of esters is 1. The largest absolute Gasteiger partial charge is 0.461 e. The highest BCUT2D eigenvalue weighted by Gasteiger charge is 2.30. The first-order valence-electron chi connectivity index (χ1n) is 8.98. The molecule has 1 heterocycles. The normalized spacial score (nSPS) is 14.4. The van der Waals surface area contributed by atoms with E-state index in [2.05, 4.69) is 23.3 Å². The number of carbonyl (C=O) groups is 1. The average Bonchev–Trinajstić information content (AvgIpc) is 3.24. The topological polar surface area (TPSA) is 44.1 Å². The minimum absolute atomic E-state index is 0.324. The van der Waals surface area contributed by atoms with Crippen LogP contribution in [0.2, 0.25) is 5.02 Å². The fourth-order valence-corrected chi connectivity index (χ4v) is 3.63. The minimum atomic E-state index is -0.379. The lowest BCUT2D eigenvalue weighted by Gasteiger charge is -2.08. The van der Waals surface area contributed by atoms with Gasteiger partial charge in [-0.25, -0.2) is 9.48 Å². The molecule has 4 nitrogen and oxygen atoms in total. The Morgan fingerprint density at radius 1 is 1.19 bits per heavy atom. The number of rotatable bonds is 4. The van der Waals surface area contributed by atoms with E-state index < -0.39 is 0 Å². The molecule has 0 aliphatic heterocycles. The van der Waals surface area contributed by atoms with E-state index in [4.69, 9.17) is 16.3 Å². The minimum Gasteiger partial charge on any atom is -0.461 e. The van der Waals surface area contributed by atoms with Crippen LogP contribution in [0.1, 0.15) is 40.7 Å². The molecule has 0 fully saturated rings. The fraction of sp³-hybridized carbons (Fsp3) is 0.182.